The van der Waals surface area contributed by atoms with Crippen LogP contribution in [0.15, 0.2) is 30.3 Å². The van der Waals surface area contributed by atoms with Gasteiger partial charge in [0.05, 0.1) is 12.3 Å². The number of aryl methyl sites for hydroxylation is 1. The Bertz CT molecular complexity index is 1030. The summed E-state index contributed by atoms with van der Waals surface area (Å²) >= 11 is 0. The highest BCUT2D eigenvalue weighted by Crippen LogP contribution is 2.22. The zero-order valence-corrected chi connectivity index (χ0v) is 20.0. The lowest BCUT2D eigenvalue weighted by Gasteiger charge is -2.39. The minimum Gasteiger partial charge on any atom is -0.460 e. The van der Waals surface area contributed by atoms with Gasteiger partial charge in [0.1, 0.15) is 17.9 Å². The van der Waals surface area contributed by atoms with Crippen molar-refractivity contribution in [3.05, 3.63) is 47.3 Å². The van der Waals surface area contributed by atoms with Crippen LogP contribution in [0.25, 0.3) is 11.4 Å². The number of ether oxygens (including phenoxy) is 2. The van der Waals surface area contributed by atoms with E-state index in [0.29, 0.717) is 37.7 Å². The predicted molar refractivity (Wildman–Crippen MR) is 126 cm³/mol. The first-order valence-electron chi connectivity index (χ1n) is 11.3. The van der Waals surface area contributed by atoms with E-state index in [-0.39, 0.29) is 36.5 Å². The first-order chi connectivity index (χ1) is 16.4. The molecule has 1 N–H and O–H groups in total. The fourth-order valence-electron chi connectivity index (χ4n) is 3.82. The first kappa shape index (κ1) is 25.1. The summed E-state index contributed by atoms with van der Waals surface area (Å²) in [5.74, 6) is -0.723. The van der Waals surface area contributed by atoms with Gasteiger partial charge in [0.25, 0.3) is 5.91 Å². The molecule has 2 heterocycles. The molecule has 10 nitrogen and oxygen atoms in total. The van der Waals surface area contributed by atoms with E-state index in [4.69, 9.17) is 9.47 Å². The van der Waals surface area contributed by atoms with Crippen molar-refractivity contribution >= 4 is 17.9 Å². The molecule has 1 fully saturated rings. The molecule has 0 aliphatic carbocycles. The van der Waals surface area contributed by atoms with Gasteiger partial charge in [-0.3, -0.25) is 4.79 Å². The SMILES string of the molecule is CCNC(=O)N1CCN(C(=O)c2nc(-c3ccccc3)nc(C)c2C(=O)OCCOC)CC1C. The maximum absolute atomic E-state index is 13.6. The van der Waals surface area contributed by atoms with Gasteiger partial charge in [0, 0.05) is 44.9 Å². The summed E-state index contributed by atoms with van der Waals surface area (Å²) in [7, 11) is 1.51. The lowest BCUT2D eigenvalue weighted by atomic mass is 10.1. The van der Waals surface area contributed by atoms with Crippen LogP contribution < -0.4 is 5.32 Å². The number of carbonyl (C=O) groups excluding carboxylic acids is 3. The second-order valence-corrected chi connectivity index (χ2v) is 7.98. The molecule has 1 aromatic heterocycles. The number of benzene rings is 1. The van der Waals surface area contributed by atoms with E-state index < -0.39 is 11.9 Å². The largest absolute Gasteiger partial charge is 0.460 e. The molecule has 1 aliphatic heterocycles. The topological polar surface area (TPSA) is 114 Å². The van der Waals surface area contributed by atoms with E-state index in [0.717, 1.165) is 5.56 Å². The number of methoxy groups -OCH3 is 1. The Hall–Kier alpha value is -3.53. The molecular formula is C24H31N5O5. The smallest absolute Gasteiger partial charge is 0.342 e. The molecule has 0 saturated carbocycles. The second kappa shape index (κ2) is 11.6. The highest BCUT2D eigenvalue weighted by atomic mass is 16.6. The van der Waals surface area contributed by atoms with E-state index >= 15 is 0 Å². The molecule has 0 radical (unpaired) electrons. The van der Waals surface area contributed by atoms with E-state index in [9.17, 15) is 14.4 Å². The van der Waals surface area contributed by atoms with Crippen molar-refractivity contribution in [3.63, 3.8) is 0 Å². The van der Waals surface area contributed by atoms with E-state index in [1.165, 1.54) is 7.11 Å². The lowest BCUT2D eigenvalue weighted by molar-refractivity contribution is 0.0378. The average molecular weight is 470 g/mol. The molecule has 3 rings (SSSR count). The van der Waals surface area contributed by atoms with Gasteiger partial charge in [-0.1, -0.05) is 30.3 Å². The minimum atomic E-state index is -0.675. The molecule has 1 unspecified atom stereocenters. The third-order valence-corrected chi connectivity index (χ3v) is 5.55. The van der Waals surface area contributed by atoms with E-state index in [1.54, 1.807) is 16.7 Å². The first-order valence-corrected chi connectivity index (χ1v) is 11.3. The summed E-state index contributed by atoms with van der Waals surface area (Å²) < 4.78 is 10.2. The monoisotopic (exact) mass is 469 g/mol. The molecule has 182 valence electrons. The van der Waals surface area contributed by atoms with Gasteiger partial charge in [-0.15, -0.1) is 0 Å². The summed E-state index contributed by atoms with van der Waals surface area (Å²) in [6, 6.07) is 8.90. The molecule has 34 heavy (non-hydrogen) atoms. The molecule has 1 aromatic carbocycles. The number of amides is 3. The Kier molecular flexibility index (Phi) is 8.53. The fraction of sp³-hybridized carbons (Fsp3) is 0.458. The number of carbonyl (C=O) groups is 3. The molecule has 10 heteroatoms. The lowest BCUT2D eigenvalue weighted by Crippen LogP contribution is -2.57. The summed E-state index contributed by atoms with van der Waals surface area (Å²) in [4.78, 5) is 51.1. The summed E-state index contributed by atoms with van der Waals surface area (Å²) in [5, 5.41) is 2.79. The number of nitrogens with one attached hydrogen (secondary N) is 1. The van der Waals surface area contributed by atoms with Crippen molar-refractivity contribution in [1.29, 1.82) is 0 Å². The number of esters is 1. The maximum Gasteiger partial charge on any atom is 0.342 e. The van der Waals surface area contributed by atoms with Crippen molar-refractivity contribution in [3.8, 4) is 11.4 Å². The van der Waals surface area contributed by atoms with Crippen LogP contribution in [0.4, 0.5) is 4.79 Å². The number of nitrogens with zero attached hydrogens (tertiary/aromatic N) is 4. The number of hydrogen-bond acceptors (Lipinski definition) is 7. The van der Waals surface area contributed by atoms with Crippen molar-refractivity contribution in [2.75, 3.05) is 46.5 Å². The molecule has 0 spiro atoms. The van der Waals surface area contributed by atoms with Crippen LogP contribution in [0.2, 0.25) is 0 Å². The second-order valence-electron chi connectivity index (χ2n) is 7.98. The van der Waals surface area contributed by atoms with Crippen LogP contribution in [0.3, 0.4) is 0 Å². The van der Waals surface area contributed by atoms with Crippen LogP contribution in [0.5, 0.6) is 0 Å². The maximum atomic E-state index is 13.6. The van der Waals surface area contributed by atoms with Crippen molar-refractivity contribution in [1.82, 2.24) is 25.1 Å². The normalized spacial score (nSPS) is 15.7. The quantitative estimate of drug-likeness (QED) is 0.488. The third-order valence-electron chi connectivity index (χ3n) is 5.55. The van der Waals surface area contributed by atoms with Gasteiger partial charge in [0.2, 0.25) is 0 Å². The van der Waals surface area contributed by atoms with Gasteiger partial charge in [-0.25, -0.2) is 19.6 Å². The molecule has 0 bridgehead atoms. The van der Waals surface area contributed by atoms with Gasteiger partial charge in [-0.05, 0) is 20.8 Å². The number of urea groups is 1. The molecule has 1 atom stereocenters. The minimum absolute atomic E-state index is 0.00701. The molecule has 2 aromatic rings. The molecular weight excluding hydrogens is 438 g/mol. The van der Waals surface area contributed by atoms with E-state index in [1.807, 2.05) is 44.2 Å². The number of aromatic nitrogens is 2. The predicted octanol–water partition coefficient (Wildman–Crippen LogP) is 2.13. The Balaban J connectivity index is 1.94. The fourth-order valence-corrected chi connectivity index (χ4v) is 3.82. The van der Waals surface area contributed by atoms with Crippen LogP contribution in [0, 0.1) is 6.92 Å². The van der Waals surface area contributed by atoms with Crippen molar-refractivity contribution in [2.24, 2.45) is 0 Å². The summed E-state index contributed by atoms with van der Waals surface area (Å²) in [5.41, 5.74) is 1.12. The molecule has 3 amide bonds. The third kappa shape index (κ3) is 5.69. The summed E-state index contributed by atoms with van der Waals surface area (Å²) in [6.45, 7) is 7.23. The Morgan fingerprint density at radius 1 is 1.12 bits per heavy atom. The number of rotatable bonds is 7. The van der Waals surface area contributed by atoms with Crippen molar-refractivity contribution in [2.45, 2.75) is 26.8 Å². The average Bonchev–Trinajstić information content (AvgIpc) is 2.83. The van der Waals surface area contributed by atoms with Crippen LogP contribution in [-0.4, -0.2) is 90.2 Å². The van der Waals surface area contributed by atoms with Gasteiger partial charge in [0.15, 0.2) is 5.82 Å². The van der Waals surface area contributed by atoms with Gasteiger partial charge < -0.3 is 24.6 Å². The van der Waals surface area contributed by atoms with Gasteiger partial charge in [-0.2, -0.15) is 0 Å². The Morgan fingerprint density at radius 2 is 1.85 bits per heavy atom. The van der Waals surface area contributed by atoms with Crippen molar-refractivity contribution < 1.29 is 23.9 Å². The molecule has 1 saturated heterocycles. The standard InChI is InChI=1S/C24H31N5O5/c1-5-25-24(32)29-12-11-28(15-16(29)2)22(30)20-19(23(31)34-14-13-33-4)17(3)26-21(27-20)18-9-7-6-8-10-18/h6-10,16H,5,11-15H2,1-4H3,(H,25,32). The Morgan fingerprint density at radius 3 is 2.50 bits per heavy atom. The highest BCUT2D eigenvalue weighted by Gasteiger charge is 2.33. The Labute approximate surface area is 199 Å². The highest BCUT2D eigenvalue weighted by molar-refractivity contribution is 6.05. The van der Waals surface area contributed by atoms with Crippen LogP contribution in [-0.2, 0) is 9.47 Å². The number of piperazine rings is 1. The zero-order valence-electron chi connectivity index (χ0n) is 20.0. The number of hydrogen-bond donors (Lipinski definition) is 1. The molecule has 1 aliphatic rings. The van der Waals surface area contributed by atoms with Crippen LogP contribution in [0.1, 0.15) is 40.4 Å². The van der Waals surface area contributed by atoms with E-state index in [2.05, 4.69) is 15.3 Å². The van der Waals surface area contributed by atoms with Crippen LogP contribution >= 0.6 is 0 Å². The van der Waals surface area contributed by atoms with Gasteiger partial charge >= 0.3 is 12.0 Å². The zero-order chi connectivity index (χ0) is 24.7. The summed E-state index contributed by atoms with van der Waals surface area (Å²) in [6.07, 6.45) is 0.